The molecule has 0 saturated carbocycles. The molecule has 2 aromatic carbocycles. The predicted molar refractivity (Wildman–Crippen MR) is 92.3 cm³/mol. The van der Waals surface area contributed by atoms with Gasteiger partial charge in [0.05, 0.1) is 0 Å². The number of urea groups is 1. The number of thiocarbonyl (C=S) groups is 1. The van der Waals surface area contributed by atoms with Gasteiger partial charge in [0.15, 0.2) is 0 Å². The lowest BCUT2D eigenvalue weighted by atomic mass is 10.2. The highest BCUT2D eigenvalue weighted by Gasteiger charge is 2.06. The molecule has 0 aliphatic rings. The first kappa shape index (κ1) is 15.5. The van der Waals surface area contributed by atoms with Gasteiger partial charge in [0.25, 0.3) is 0 Å². The van der Waals surface area contributed by atoms with Crippen molar-refractivity contribution < 1.29 is 4.79 Å². The minimum atomic E-state index is -0.270. The van der Waals surface area contributed by atoms with Crippen molar-refractivity contribution >= 4 is 44.9 Å². The number of carbonyl (C=O) groups excluding carboxylic acids is 1. The number of anilines is 1. The summed E-state index contributed by atoms with van der Waals surface area (Å²) in [6.07, 6.45) is 0. The second-order valence-electron chi connectivity index (χ2n) is 4.35. The number of hydrogen-bond donors (Lipinski definition) is 3. The lowest BCUT2D eigenvalue weighted by molar-refractivity contribution is 0.251. The molecule has 2 rings (SSSR count). The molecular weight excluding hydrogens is 350 g/mol. The predicted octanol–water partition coefficient (Wildman–Crippen LogP) is 3.41. The van der Waals surface area contributed by atoms with Crippen LogP contribution < -0.4 is 16.4 Å². The Bertz CT molecular complexity index is 661. The maximum atomic E-state index is 11.8. The SMILES string of the molecule is NC(=S)c1ccc(NC(=O)NCc2ccccc2)cc1Br. The molecule has 0 bridgehead atoms. The lowest BCUT2D eigenvalue weighted by Gasteiger charge is -2.09. The van der Waals surface area contributed by atoms with E-state index < -0.39 is 0 Å². The molecule has 0 aliphatic heterocycles. The van der Waals surface area contributed by atoms with Gasteiger partial charge < -0.3 is 16.4 Å². The average molecular weight is 364 g/mol. The van der Waals surface area contributed by atoms with Crippen molar-refractivity contribution in [3.63, 3.8) is 0 Å². The summed E-state index contributed by atoms with van der Waals surface area (Å²) < 4.78 is 0.746. The van der Waals surface area contributed by atoms with E-state index in [0.717, 1.165) is 15.6 Å². The van der Waals surface area contributed by atoms with E-state index >= 15 is 0 Å². The smallest absolute Gasteiger partial charge is 0.319 e. The Hall–Kier alpha value is -1.92. The van der Waals surface area contributed by atoms with Gasteiger partial charge in [-0.15, -0.1) is 0 Å². The van der Waals surface area contributed by atoms with E-state index in [9.17, 15) is 4.79 Å². The van der Waals surface area contributed by atoms with Crippen molar-refractivity contribution in [1.29, 1.82) is 0 Å². The highest BCUT2D eigenvalue weighted by Crippen LogP contribution is 2.21. The molecule has 0 unspecified atom stereocenters. The van der Waals surface area contributed by atoms with Crippen molar-refractivity contribution in [2.45, 2.75) is 6.54 Å². The lowest BCUT2D eigenvalue weighted by Crippen LogP contribution is -2.28. The summed E-state index contributed by atoms with van der Waals surface area (Å²) in [6, 6.07) is 14.7. The van der Waals surface area contributed by atoms with Gasteiger partial charge in [-0.25, -0.2) is 4.79 Å². The van der Waals surface area contributed by atoms with Crippen LogP contribution in [0.2, 0.25) is 0 Å². The summed E-state index contributed by atoms with van der Waals surface area (Å²) in [5.74, 6) is 0. The zero-order chi connectivity index (χ0) is 15.2. The Kier molecular flexibility index (Phi) is 5.30. The maximum absolute atomic E-state index is 11.8. The third-order valence-corrected chi connectivity index (χ3v) is 3.66. The molecule has 6 heteroatoms. The molecule has 108 valence electrons. The first-order valence-electron chi connectivity index (χ1n) is 6.24. The van der Waals surface area contributed by atoms with Gasteiger partial charge in [0.1, 0.15) is 4.99 Å². The molecule has 4 nitrogen and oxygen atoms in total. The molecule has 21 heavy (non-hydrogen) atoms. The summed E-state index contributed by atoms with van der Waals surface area (Å²) in [4.78, 5) is 12.1. The quantitative estimate of drug-likeness (QED) is 0.729. The van der Waals surface area contributed by atoms with Crippen LogP contribution in [0.25, 0.3) is 0 Å². The van der Waals surface area contributed by atoms with Crippen LogP contribution in [0.1, 0.15) is 11.1 Å². The van der Waals surface area contributed by atoms with Gasteiger partial charge in [-0.1, -0.05) is 42.5 Å². The van der Waals surface area contributed by atoms with Gasteiger partial charge in [-0.2, -0.15) is 0 Å². The van der Waals surface area contributed by atoms with Crippen molar-refractivity contribution in [3.05, 3.63) is 64.1 Å². The third-order valence-electron chi connectivity index (χ3n) is 2.79. The van der Waals surface area contributed by atoms with E-state index in [1.807, 2.05) is 30.3 Å². The van der Waals surface area contributed by atoms with Crippen LogP contribution in [0.15, 0.2) is 53.0 Å². The highest BCUT2D eigenvalue weighted by atomic mass is 79.9. The molecule has 0 aliphatic carbocycles. The number of rotatable bonds is 4. The van der Waals surface area contributed by atoms with E-state index in [1.54, 1.807) is 18.2 Å². The van der Waals surface area contributed by atoms with Crippen molar-refractivity contribution in [2.75, 3.05) is 5.32 Å². The molecule has 0 radical (unpaired) electrons. The number of benzene rings is 2. The molecule has 4 N–H and O–H groups in total. The third kappa shape index (κ3) is 4.54. The Morgan fingerprint density at radius 3 is 2.52 bits per heavy atom. The van der Waals surface area contributed by atoms with Gasteiger partial charge >= 0.3 is 6.03 Å². The van der Waals surface area contributed by atoms with Crippen LogP contribution in [0.4, 0.5) is 10.5 Å². The second kappa shape index (κ2) is 7.19. The summed E-state index contributed by atoms with van der Waals surface area (Å²) in [5.41, 5.74) is 8.02. The molecule has 0 atom stereocenters. The van der Waals surface area contributed by atoms with E-state index in [1.165, 1.54) is 0 Å². The molecule has 2 amide bonds. The van der Waals surface area contributed by atoms with Gasteiger partial charge in [0.2, 0.25) is 0 Å². The van der Waals surface area contributed by atoms with Crippen LogP contribution >= 0.6 is 28.1 Å². The monoisotopic (exact) mass is 363 g/mol. The van der Waals surface area contributed by atoms with E-state index in [0.29, 0.717) is 17.2 Å². The Morgan fingerprint density at radius 1 is 1.19 bits per heavy atom. The zero-order valence-corrected chi connectivity index (χ0v) is 13.5. The summed E-state index contributed by atoms with van der Waals surface area (Å²) in [7, 11) is 0. The van der Waals surface area contributed by atoms with E-state index in [4.69, 9.17) is 18.0 Å². The fourth-order valence-corrected chi connectivity index (χ4v) is 2.65. The first-order valence-corrected chi connectivity index (χ1v) is 7.44. The normalized spacial score (nSPS) is 9.95. The van der Waals surface area contributed by atoms with E-state index in [-0.39, 0.29) is 6.03 Å². The molecule has 0 heterocycles. The minimum Gasteiger partial charge on any atom is -0.389 e. The fourth-order valence-electron chi connectivity index (χ4n) is 1.75. The van der Waals surface area contributed by atoms with Crippen LogP contribution in [0, 0.1) is 0 Å². The molecule has 0 aromatic heterocycles. The summed E-state index contributed by atoms with van der Waals surface area (Å²) in [5, 5.41) is 5.54. The molecule has 0 saturated heterocycles. The number of amides is 2. The van der Waals surface area contributed by atoms with Gasteiger partial charge in [-0.05, 0) is 39.7 Å². The minimum absolute atomic E-state index is 0.270. The molecular formula is C15H14BrN3OS. The Balaban J connectivity index is 1.94. The molecule has 0 spiro atoms. The van der Waals surface area contributed by atoms with Crippen molar-refractivity contribution in [3.8, 4) is 0 Å². The summed E-state index contributed by atoms with van der Waals surface area (Å²) in [6.45, 7) is 0.471. The molecule has 0 fully saturated rings. The second-order valence-corrected chi connectivity index (χ2v) is 5.65. The van der Waals surface area contributed by atoms with Crippen LogP contribution in [-0.2, 0) is 6.54 Å². The number of carbonyl (C=O) groups is 1. The van der Waals surface area contributed by atoms with Crippen LogP contribution in [0.3, 0.4) is 0 Å². The number of halogens is 1. The zero-order valence-electron chi connectivity index (χ0n) is 11.1. The van der Waals surface area contributed by atoms with Crippen molar-refractivity contribution in [2.24, 2.45) is 5.73 Å². The Labute approximate surface area is 136 Å². The highest BCUT2D eigenvalue weighted by molar-refractivity contribution is 9.10. The van der Waals surface area contributed by atoms with Crippen molar-refractivity contribution in [1.82, 2.24) is 5.32 Å². The first-order chi connectivity index (χ1) is 10.1. The summed E-state index contributed by atoms with van der Waals surface area (Å²) >= 11 is 8.30. The van der Waals surface area contributed by atoms with Gasteiger partial charge in [-0.3, -0.25) is 0 Å². The standard InChI is InChI=1S/C15H14BrN3OS/c16-13-8-11(6-7-12(13)14(17)21)19-15(20)18-9-10-4-2-1-3-5-10/h1-8H,9H2,(H2,17,21)(H2,18,19,20). The van der Waals surface area contributed by atoms with Gasteiger partial charge in [0, 0.05) is 22.3 Å². The molecule has 2 aromatic rings. The maximum Gasteiger partial charge on any atom is 0.319 e. The average Bonchev–Trinajstić information content (AvgIpc) is 2.46. The number of hydrogen-bond acceptors (Lipinski definition) is 2. The number of nitrogens with two attached hydrogens (primary N) is 1. The topological polar surface area (TPSA) is 67.1 Å². The number of nitrogens with one attached hydrogen (secondary N) is 2. The van der Waals surface area contributed by atoms with Crippen LogP contribution in [0.5, 0.6) is 0 Å². The largest absolute Gasteiger partial charge is 0.389 e. The van der Waals surface area contributed by atoms with E-state index in [2.05, 4.69) is 26.6 Å². The Morgan fingerprint density at radius 2 is 1.90 bits per heavy atom. The van der Waals surface area contributed by atoms with Crippen LogP contribution in [-0.4, -0.2) is 11.0 Å². The fraction of sp³-hybridized carbons (Fsp3) is 0.0667.